The lowest BCUT2D eigenvalue weighted by molar-refractivity contribution is -0.146. The minimum Gasteiger partial charge on any atom is -0.497 e. The van der Waals surface area contributed by atoms with E-state index in [1.807, 2.05) is 43.3 Å². The Kier molecular flexibility index (Phi) is 5.22. The van der Waals surface area contributed by atoms with Crippen molar-refractivity contribution in [2.24, 2.45) is 5.92 Å². The van der Waals surface area contributed by atoms with Crippen molar-refractivity contribution in [3.8, 4) is 5.75 Å². The number of benzene rings is 1. The van der Waals surface area contributed by atoms with E-state index >= 15 is 0 Å². The molecular weight excluding hydrogens is 252 g/mol. The van der Waals surface area contributed by atoms with E-state index in [-0.39, 0.29) is 12.1 Å². The SMILES string of the molecule is COc1ccc(C=CC(C)OC(=O)CCC2CC2)cc1. The normalized spacial score (nSPS) is 16.1. The summed E-state index contributed by atoms with van der Waals surface area (Å²) in [4.78, 5) is 11.6. The highest BCUT2D eigenvalue weighted by Crippen LogP contribution is 2.33. The Hall–Kier alpha value is -1.77. The van der Waals surface area contributed by atoms with Gasteiger partial charge in [-0.25, -0.2) is 0 Å². The number of ether oxygens (including phenoxy) is 2. The number of hydrogen-bond acceptors (Lipinski definition) is 3. The molecule has 3 heteroatoms. The maximum Gasteiger partial charge on any atom is 0.306 e. The van der Waals surface area contributed by atoms with Gasteiger partial charge in [0.1, 0.15) is 11.9 Å². The zero-order chi connectivity index (χ0) is 14.4. The summed E-state index contributed by atoms with van der Waals surface area (Å²) >= 11 is 0. The van der Waals surface area contributed by atoms with Gasteiger partial charge in [-0.2, -0.15) is 0 Å². The summed E-state index contributed by atoms with van der Waals surface area (Å²) in [6.07, 6.45) is 7.75. The molecule has 3 nitrogen and oxygen atoms in total. The van der Waals surface area contributed by atoms with Crippen LogP contribution in [0.25, 0.3) is 6.08 Å². The Morgan fingerprint density at radius 1 is 1.35 bits per heavy atom. The highest BCUT2D eigenvalue weighted by Gasteiger charge is 2.22. The van der Waals surface area contributed by atoms with Crippen molar-refractivity contribution in [1.82, 2.24) is 0 Å². The number of rotatable bonds is 7. The van der Waals surface area contributed by atoms with Crippen molar-refractivity contribution in [2.45, 2.75) is 38.7 Å². The van der Waals surface area contributed by atoms with E-state index in [0.717, 1.165) is 23.7 Å². The first-order valence-corrected chi connectivity index (χ1v) is 7.19. The third-order valence-corrected chi connectivity index (χ3v) is 3.45. The van der Waals surface area contributed by atoms with Crippen LogP contribution >= 0.6 is 0 Å². The molecule has 0 aromatic heterocycles. The maximum absolute atomic E-state index is 11.6. The zero-order valence-electron chi connectivity index (χ0n) is 12.2. The first kappa shape index (κ1) is 14.6. The molecule has 0 heterocycles. The van der Waals surface area contributed by atoms with E-state index < -0.39 is 0 Å². The van der Waals surface area contributed by atoms with Crippen LogP contribution in [0.2, 0.25) is 0 Å². The molecular formula is C17H22O3. The molecule has 0 bridgehead atoms. The highest BCUT2D eigenvalue weighted by molar-refractivity contribution is 5.69. The average Bonchev–Trinajstić information content (AvgIpc) is 3.28. The van der Waals surface area contributed by atoms with E-state index in [2.05, 4.69) is 0 Å². The zero-order valence-corrected chi connectivity index (χ0v) is 12.2. The fourth-order valence-corrected chi connectivity index (χ4v) is 2.00. The average molecular weight is 274 g/mol. The fraction of sp³-hybridized carbons (Fsp3) is 0.471. The Morgan fingerprint density at radius 3 is 2.65 bits per heavy atom. The van der Waals surface area contributed by atoms with Crippen LogP contribution in [0.1, 0.15) is 38.2 Å². The number of methoxy groups -OCH3 is 1. The third-order valence-electron chi connectivity index (χ3n) is 3.45. The molecule has 1 saturated carbocycles. The van der Waals surface area contributed by atoms with Gasteiger partial charge in [0, 0.05) is 6.42 Å². The molecule has 0 N–H and O–H groups in total. The second-order valence-corrected chi connectivity index (χ2v) is 5.31. The van der Waals surface area contributed by atoms with Crippen molar-refractivity contribution < 1.29 is 14.3 Å². The van der Waals surface area contributed by atoms with Crippen molar-refractivity contribution in [3.63, 3.8) is 0 Å². The van der Waals surface area contributed by atoms with Crippen LogP contribution in [0.3, 0.4) is 0 Å². The molecule has 2 rings (SSSR count). The third kappa shape index (κ3) is 5.08. The second kappa shape index (κ2) is 7.13. The largest absolute Gasteiger partial charge is 0.497 e. The first-order valence-electron chi connectivity index (χ1n) is 7.19. The summed E-state index contributed by atoms with van der Waals surface area (Å²) in [5.41, 5.74) is 1.06. The summed E-state index contributed by atoms with van der Waals surface area (Å²) in [6, 6.07) is 7.76. The Balaban J connectivity index is 1.75. The molecule has 108 valence electrons. The van der Waals surface area contributed by atoms with E-state index in [9.17, 15) is 4.79 Å². The van der Waals surface area contributed by atoms with Gasteiger partial charge in [0.2, 0.25) is 0 Å². The Morgan fingerprint density at radius 2 is 2.05 bits per heavy atom. The van der Waals surface area contributed by atoms with Gasteiger partial charge in [-0.3, -0.25) is 4.79 Å². The Bertz CT molecular complexity index is 458. The number of carbonyl (C=O) groups excluding carboxylic acids is 1. The van der Waals surface area contributed by atoms with Crippen molar-refractivity contribution in [1.29, 1.82) is 0 Å². The van der Waals surface area contributed by atoms with Crippen LogP contribution in [-0.4, -0.2) is 19.2 Å². The van der Waals surface area contributed by atoms with Crippen LogP contribution in [-0.2, 0) is 9.53 Å². The molecule has 1 aromatic carbocycles. The van der Waals surface area contributed by atoms with E-state index in [0.29, 0.717) is 6.42 Å². The lowest BCUT2D eigenvalue weighted by Crippen LogP contribution is -2.12. The molecule has 1 aliphatic rings. The van der Waals surface area contributed by atoms with Gasteiger partial charge in [-0.1, -0.05) is 31.1 Å². The number of carbonyl (C=O) groups is 1. The topological polar surface area (TPSA) is 35.5 Å². The van der Waals surface area contributed by atoms with Gasteiger partial charge in [-0.15, -0.1) is 0 Å². The van der Waals surface area contributed by atoms with Gasteiger partial charge in [-0.05, 0) is 43.0 Å². The molecule has 0 saturated heterocycles. The van der Waals surface area contributed by atoms with Crippen molar-refractivity contribution >= 4 is 12.0 Å². The summed E-state index contributed by atoms with van der Waals surface area (Å²) in [5.74, 6) is 1.51. The second-order valence-electron chi connectivity index (χ2n) is 5.31. The van der Waals surface area contributed by atoms with Crippen LogP contribution in [0.4, 0.5) is 0 Å². The predicted octanol–water partition coefficient (Wildman–Crippen LogP) is 3.83. The molecule has 0 amide bonds. The minimum absolute atomic E-state index is 0.0937. The predicted molar refractivity (Wildman–Crippen MR) is 79.5 cm³/mol. The molecule has 1 unspecified atom stereocenters. The van der Waals surface area contributed by atoms with Gasteiger partial charge in [0.05, 0.1) is 7.11 Å². The molecule has 1 atom stereocenters. The van der Waals surface area contributed by atoms with Gasteiger partial charge < -0.3 is 9.47 Å². The lowest BCUT2D eigenvalue weighted by atomic mass is 10.2. The molecule has 1 fully saturated rings. The van der Waals surface area contributed by atoms with Crippen LogP contribution in [0.15, 0.2) is 30.3 Å². The summed E-state index contributed by atoms with van der Waals surface area (Å²) in [5, 5.41) is 0. The van der Waals surface area contributed by atoms with Gasteiger partial charge in [0.15, 0.2) is 0 Å². The minimum atomic E-state index is -0.191. The lowest BCUT2D eigenvalue weighted by Gasteiger charge is -2.09. The Labute approximate surface area is 120 Å². The smallest absolute Gasteiger partial charge is 0.306 e. The first-order chi connectivity index (χ1) is 9.67. The molecule has 0 radical (unpaired) electrons. The monoisotopic (exact) mass is 274 g/mol. The standard InChI is InChI=1S/C17H22O3/c1-13(20-17(18)12-9-15-5-6-15)3-4-14-7-10-16(19-2)11-8-14/h3-4,7-8,10-11,13,15H,5-6,9,12H2,1-2H3. The molecule has 20 heavy (non-hydrogen) atoms. The molecule has 0 spiro atoms. The molecule has 1 aromatic rings. The molecule has 1 aliphatic carbocycles. The van der Waals surface area contributed by atoms with Crippen molar-refractivity contribution in [2.75, 3.05) is 7.11 Å². The van der Waals surface area contributed by atoms with E-state index in [1.165, 1.54) is 12.8 Å². The summed E-state index contributed by atoms with van der Waals surface area (Å²) in [7, 11) is 1.65. The van der Waals surface area contributed by atoms with Crippen LogP contribution in [0, 0.1) is 5.92 Å². The summed E-state index contributed by atoms with van der Waals surface area (Å²) in [6.45, 7) is 1.88. The quantitative estimate of drug-likeness (QED) is 0.709. The van der Waals surface area contributed by atoms with Gasteiger partial charge in [0.25, 0.3) is 0 Å². The number of hydrogen-bond donors (Lipinski definition) is 0. The summed E-state index contributed by atoms with van der Waals surface area (Å²) < 4.78 is 10.4. The van der Waals surface area contributed by atoms with Crippen LogP contribution < -0.4 is 4.74 Å². The van der Waals surface area contributed by atoms with E-state index in [1.54, 1.807) is 7.11 Å². The van der Waals surface area contributed by atoms with Gasteiger partial charge >= 0.3 is 5.97 Å². The maximum atomic E-state index is 11.6. The van der Waals surface area contributed by atoms with Crippen molar-refractivity contribution in [3.05, 3.63) is 35.9 Å². The number of esters is 1. The molecule has 0 aliphatic heterocycles. The highest BCUT2D eigenvalue weighted by atomic mass is 16.5. The van der Waals surface area contributed by atoms with Crippen LogP contribution in [0.5, 0.6) is 5.75 Å². The van der Waals surface area contributed by atoms with E-state index in [4.69, 9.17) is 9.47 Å². The fourth-order valence-electron chi connectivity index (χ4n) is 2.00.